The molecule has 0 aromatic heterocycles. The van der Waals surface area contributed by atoms with Gasteiger partial charge in [0.2, 0.25) is 5.91 Å². The Balaban J connectivity index is 1.50. The Bertz CT molecular complexity index is 1100. The molecule has 29 heavy (non-hydrogen) atoms. The Hall–Kier alpha value is -3.33. The summed E-state index contributed by atoms with van der Waals surface area (Å²) in [7, 11) is 0. The van der Waals surface area contributed by atoms with Gasteiger partial charge in [-0.15, -0.1) is 0 Å². The number of nitrogens with one attached hydrogen (secondary N) is 1. The molecule has 2 heterocycles. The summed E-state index contributed by atoms with van der Waals surface area (Å²) in [5.41, 5.74) is 5.15. The van der Waals surface area contributed by atoms with Gasteiger partial charge in [-0.2, -0.15) is 0 Å². The predicted molar refractivity (Wildman–Crippen MR) is 119 cm³/mol. The quantitative estimate of drug-likeness (QED) is 0.694. The molecule has 3 nitrogen and oxygen atoms in total. The Labute approximate surface area is 171 Å². The molecule has 1 saturated heterocycles. The van der Waals surface area contributed by atoms with Crippen LogP contribution in [0.25, 0.3) is 17.2 Å². The molecule has 2 aliphatic heterocycles. The van der Waals surface area contributed by atoms with Crippen molar-refractivity contribution in [2.75, 3.05) is 11.4 Å². The third kappa shape index (κ3) is 2.61. The highest BCUT2D eigenvalue weighted by Crippen LogP contribution is 2.52. The highest BCUT2D eigenvalue weighted by Gasteiger charge is 2.59. The van der Waals surface area contributed by atoms with E-state index in [1.807, 2.05) is 12.1 Å². The fourth-order valence-electron chi connectivity index (χ4n) is 4.77. The highest BCUT2D eigenvalue weighted by molar-refractivity contribution is 5.91. The number of anilines is 1. The molecule has 3 heteroatoms. The lowest BCUT2D eigenvalue weighted by Gasteiger charge is -2.40. The standard InChI is InChI=1S/C26H24N2O/c1-25(2)22-10-6-7-11-23(22)28-18-24(29)27-26(25,28)17-16-19-12-14-21(15-13-19)20-8-4-3-5-9-20/h3-17H,18H2,1-2H3,(H,27,29)/b17-16+/t26-/m1/s1. The van der Waals surface area contributed by atoms with Gasteiger partial charge >= 0.3 is 0 Å². The Morgan fingerprint density at radius 3 is 2.28 bits per heavy atom. The molecule has 1 amide bonds. The van der Waals surface area contributed by atoms with Gasteiger partial charge in [0.1, 0.15) is 5.66 Å². The molecule has 1 atom stereocenters. The largest absolute Gasteiger partial charge is 0.335 e. The number of para-hydroxylation sites is 1. The van der Waals surface area contributed by atoms with Gasteiger partial charge in [0, 0.05) is 11.1 Å². The summed E-state index contributed by atoms with van der Waals surface area (Å²) in [5, 5.41) is 3.27. The zero-order chi connectivity index (χ0) is 20.1. The minimum absolute atomic E-state index is 0.0663. The van der Waals surface area contributed by atoms with Crippen molar-refractivity contribution < 1.29 is 4.79 Å². The van der Waals surface area contributed by atoms with E-state index in [9.17, 15) is 4.79 Å². The zero-order valence-electron chi connectivity index (χ0n) is 16.7. The average molecular weight is 380 g/mol. The first kappa shape index (κ1) is 17.7. The van der Waals surface area contributed by atoms with E-state index >= 15 is 0 Å². The Morgan fingerprint density at radius 2 is 1.52 bits per heavy atom. The van der Waals surface area contributed by atoms with Crippen molar-refractivity contribution in [2.45, 2.75) is 24.9 Å². The minimum atomic E-state index is -0.550. The van der Waals surface area contributed by atoms with E-state index in [2.05, 4.69) is 103 Å². The normalized spacial score (nSPS) is 21.9. The minimum Gasteiger partial charge on any atom is -0.335 e. The van der Waals surface area contributed by atoms with E-state index in [0.717, 1.165) is 11.3 Å². The monoisotopic (exact) mass is 380 g/mol. The van der Waals surface area contributed by atoms with Crippen LogP contribution in [-0.4, -0.2) is 18.1 Å². The van der Waals surface area contributed by atoms with Crippen molar-refractivity contribution in [3.8, 4) is 11.1 Å². The molecular weight excluding hydrogens is 356 g/mol. The summed E-state index contributed by atoms with van der Waals surface area (Å²) in [4.78, 5) is 14.6. The lowest BCUT2D eigenvalue weighted by molar-refractivity contribution is -0.118. The number of hydrogen-bond acceptors (Lipinski definition) is 2. The molecule has 0 bridgehead atoms. The van der Waals surface area contributed by atoms with Crippen molar-refractivity contribution in [3.63, 3.8) is 0 Å². The maximum absolute atomic E-state index is 12.4. The summed E-state index contributed by atoms with van der Waals surface area (Å²) in [5.74, 6) is 0.0663. The van der Waals surface area contributed by atoms with E-state index < -0.39 is 5.66 Å². The van der Waals surface area contributed by atoms with Gasteiger partial charge in [0.25, 0.3) is 0 Å². The number of carbonyl (C=O) groups excluding carboxylic acids is 1. The van der Waals surface area contributed by atoms with E-state index in [-0.39, 0.29) is 11.3 Å². The second-order valence-corrected chi connectivity index (χ2v) is 8.36. The van der Waals surface area contributed by atoms with Crippen LogP contribution in [0.4, 0.5) is 5.69 Å². The molecule has 0 aliphatic carbocycles. The van der Waals surface area contributed by atoms with Crippen LogP contribution in [0.3, 0.4) is 0 Å². The molecule has 5 rings (SSSR count). The van der Waals surface area contributed by atoms with Gasteiger partial charge in [-0.25, -0.2) is 0 Å². The van der Waals surface area contributed by atoms with Crippen LogP contribution in [0, 0.1) is 0 Å². The number of fused-ring (bicyclic) bond motifs is 3. The maximum atomic E-state index is 12.4. The summed E-state index contributed by atoms with van der Waals surface area (Å²) >= 11 is 0. The summed E-state index contributed by atoms with van der Waals surface area (Å²) in [6.07, 6.45) is 4.29. The first-order chi connectivity index (χ1) is 14.0. The molecular formula is C26H24N2O. The molecule has 0 spiro atoms. The van der Waals surface area contributed by atoms with E-state index in [1.165, 1.54) is 16.7 Å². The van der Waals surface area contributed by atoms with Crippen LogP contribution in [0.1, 0.15) is 25.0 Å². The third-order valence-corrected chi connectivity index (χ3v) is 6.41. The van der Waals surface area contributed by atoms with E-state index in [1.54, 1.807) is 0 Å². The van der Waals surface area contributed by atoms with Crippen molar-refractivity contribution in [1.82, 2.24) is 5.32 Å². The van der Waals surface area contributed by atoms with Crippen molar-refractivity contribution in [3.05, 3.63) is 96.1 Å². The van der Waals surface area contributed by atoms with Crippen LogP contribution in [0.5, 0.6) is 0 Å². The average Bonchev–Trinajstić information content (AvgIpc) is 3.18. The molecule has 1 N–H and O–H groups in total. The summed E-state index contributed by atoms with van der Waals surface area (Å²) < 4.78 is 0. The van der Waals surface area contributed by atoms with Gasteiger partial charge in [-0.3, -0.25) is 4.79 Å². The number of amides is 1. The van der Waals surface area contributed by atoms with Crippen LogP contribution < -0.4 is 10.2 Å². The Kier molecular flexibility index (Phi) is 3.88. The lowest BCUT2D eigenvalue weighted by atomic mass is 9.75. The molecule has 1 fully saturated rings. The summed E-state index contributed by atoms with van der Waals surface area (Å²) in [6, 6.07) is 27.3. The first-order valence-electron chi connectivity index (χ1n) is 10.0. The van der Waals surface area contributed by atoms with Gasteiger partial charge in [-0.05, 0) is 34.4 Å². The fourth-order valence-corrected chi connectivity index (χ4v) is 4.77. The Morgan fingerprint density at radius 1 is 0.862 bits per heavy atom. The predicted octanol–water partition coefficient (Wildman–Crippen LogP) is 4.99. The maximum Gasteiger partial charge on any atom is 0.241 e. The molecule has 144 valence electrons. The van der Waals surface area contributed by atoms with Crippen LogP contribution in [0.2, 0.25) is 0 Å². The number of hydrogen-bond donors (Lipinski definition) is 1. The third-order valence-electron chi connectivity index (χ3n) is 6.41. The molecule has 2 aliphatic rings. The lowest BCUT2D eigenvalue weighted by Crippen LogP contribution is -2.58. The van der Waals surface area contributed by atoms with E-state index in [4.69, 9.17) is 0 Å². The molecule has 0 radical (unpaired) electrons. The second-order valence-electron chi connectivity index (χ2n) is 8.36. The van der Waals surface area contributed by atoms with Gasteiger partial charge in [0.15, 0.2) is 0 Å². The fraction of sp³-hybridized carbons (Fsp3) is 0.192. The number of rotatable bonds is 3. The number of benzene rings is 3. The molecule has 0 unspecified atom stereocenters. The van der Waals surface area contributed by atoms with Gasteiger partial charge in [0.05, 0.1) is 6.54 Å². The van der Waals surface area contributed by atoms with Gasteiger partial charge < -0.3 is 10.2 Å². The second kappa shape index (κ2) is 6.35. The first-order valence-corrected chi connectivity index (χ1v) is 10.0. The molecule has 3 aromatic rings. The topological polar surface area (TPSA) is 32.3 Å². The SMILES string of the molecule is CC1(C)c2ccccc2N2CC(=O)N[C@]21/C=C/c1ccc(-c2ccccc2)cc1. The van der Waals surface area contributed by atoms with Crippen LogP contribution in [0.15, 0.2) is 84.9 Å². The highest BCUT2D eigenvalue weighted by atomic mass is 16.2. The van der Waals surface area contributed by atoms with E-state index in [0.29, 0.717) is 6.54 Å². The number of nitrogens with zero attached hydrogens (tertiary/aromatic N) is 1. The molecule has 0 saturated carbocycles. The van der Waals surface area contributed by atoms with Crippen molar-refractivity contribution in [2.24, 2.45) is 0 Å². The smallest absolute Gasteiger partial charge is 0.241 e. The van der Waals surface area contributed by atoms with Crippen LogP contribution in [-0.2, 0) is 10.2 Å². The molecule has 3 aromatic carbocycles. The number of carbonyl (C=O) groups is 1. The zero-order valence-corrected chi connectivity index (χ0v) is 16.7. The van der Waals surface area contributed by atoms with Gasteiger partial charge in [-0.1, -0.05) is 92.7 Å². The summed E-state index contributed by atoms with van der Waals surface area (Å²) in [6.45, 7) is 4.80. The van der Waals surface area contributed by atoms with Crippen LogP contribution >= 0.6 is 0 Å². The van der Waals surface area contributed by atoms with Crippen molar-refractivity contribution in [1.29, 1.82) is 0 Å². The van der Waals surface area contributed by atoms with Crippen molar-refractivity contribution >= 4 is 17.7 Å².